The van der Waals surface area contributed by atoms with Gasteiger partial charge < -0.3 is 10.1 Å². The number of carbonyl (C=O) groups excluding carboxylic acids is 1. The molecule has 2 aromatic carbocycles. The number of rotatable bonds is 7. The number of hydrogen-bond donors (Lipinski definition) is 1. The van der Waals surface area contributed by atoms with Gasteiger partial charge in [0.25, 0.3) is 12.3 Å². The number of benzene rings is 2. The first-order chi connectivity index (χ1) is 17.4. The molecule has 11 heteroatoms. The second kappa shape index (κ2) is 9.53. The number of nitrogens with one attached hydrogen (secondary N) is 1. The molecule has 5 aromatic rings. The summed E-state index contributed by atoms with van der Waals surface area (Å²) < 4.78 is 48.7. The standard InChI is InChI=1S/C25H19F3N6O2/c1-36-21-5-3-2-4-17(21)19-12-20(23(27)28)34-24(30-19)18(13-29-34)25(35)31-22-10-11-33(32-22)14-15-6-8-16(26)9-7-15/h2-13,23H,14H2,1H3,(H,31,32,35). The third-order valence-electron chi connectivity index (χ3n) is 5.49. The van der Waals surface area contributed by atoms with Gasteiger partial charge in [-0.15, -0.1) is 0 Å². The number of fused-ring (bicyclic) bond motifs is 1. The molecule has 182 valence electrons. The van der Waals surface area contributed by atoms with Crippen molar-refractivity contribution in [2.24, 2.45) is 0 Å². The van der Waals surface area contributed by atoms with E-state index in [0.29, 0.717) is 17.9 Å². The summed E-state index contributed by atoms with van der Waals surface area (Å²) in [5.74, 6) is -0.247. The summed E-state index contributed by atoms with van der Waals surface area (Å²) in [6, 6.07) is 15.7. The number of para-hydroxylation sites is 1. The van der Waals surface area contributed by atoms with Crippen LogP contribution in [0, 0.1) is 5.82 Å². The Labute approximate surface area is 203 Å². The predicted molar refractivity (Wildman–Crippen MR) is 126 cm³/mol. The van der Waals surface area contributed by atoms with Crippen molar-refractivity contribution in [3.8, 4) is 17.0 Å². The molecule has 3 aromatic heterocycles. The van der Waals surface area contributed by atoms with Crippen molar-refractivity contribution in [1.29, 1.82) is 0 Å². The molecule has 0 saturated heterocycles. The fraction of sp³-hybridized carbons (Fsp3) is 0.120. The lowest BCUT2D eigenvalue weighted by molar-refractivity contribution is 0.102. The second-order valence-electron chi connectivity index (χ2n) is 7.84. The van der Waals surface area contributed by atoms with E-state index in [1.54, 1.807) is 53.3 Å². The molecular weight excluding hydrogens is 473 g/mol. The normalized spacial score (nSPS) is 11.2. The number of anilines is 1. The molecule has 3 heterocycles. The van der Waals surface area contributed by atoms with Crippen molar-refractivity contribution in [3.63, 3.8) is 0 Å². The summed E-state index contributed by atoms with van der Waals surface area (Å²) >= 11 is 0. The Morgan fingerprint density at radius 2 is 1.89 bits per heavy atom. The van der Waals surface area contributed by atoms with E-state index in [2.05, 4.69) is 20.5 Å². The molecule has 0 atom stereocenters. The van der Waals surface area contributed by atoms with Crippen molar-refractivity contribution in [1.82, 2.24) is 24.4 Å². The van der Waals surface area contributed by atoms with E-state index >= 15 is 0 Å². The average Bonchev–Trinajstić information content (AvgIpc) is 3.51. The van der Waals surface area contributed by atoms with Crippen LogP contribution in [0.15, 0.2) is 73.1 Å². The Bertz CT molecular complexity index is 1550. The lowest BCUT2D eigenvalue weighted by Crippen LogP contribution is -2.13. The smallest absolute Gasteiger partial charge is 0.280 e. The minimum atomic E-state index is -2.86. The highest BCUT2D eigenvalue weighted by molar-refractivity contribution is 6.07. The summed E-state index contributed by atoms with van der Waals surface area (Å²) in [7, 11) is 1.47. The molecule has 1 N–H and O–H groups in total. The van der Waals surface area contributed by atoms with Gasteiger partial charge in [0.2, 0.25) is 0 Å². The summed E-state index contributed by atoms with van der Waals surface area (Å²) in [5, 5.41) is 10.9. The van der Waals surface area contributed by atoms with E-state index < -0.39 is 18.0 Å². The van der Waals surface area contributed by atoms with Crippen LogP contribution in [0.3, 0.4) is 0 Å². The Hall–Kier alpha value is -4.67. The van der Waals surface area contributed by atoms with Crippen LogP contribution in [0.25, 0.3) is 16.9 Å². The molecule has 0 spiro atoms. The number of carbonyl (C=O) groups is 1. The lowest BCUT2D eigenvalue weighted by Gasteiger charge is -2.11. The van der Waals surface area contributed by atoms with Gasteiger partial charge in [-0.05, 0) is 35.9 Å². The Balaban J connectivity index is 1.45. The van der Waals surface area contributed by atoms with Crippen LogP contribution in [0.2, 0.25) is 0 Å². The molecule has 8 nitrogen and oxygen atoms in total. The van der Waals surface area contributed by atoms with Crippen LogP contribution in [-0.2, 0) is 6.54 Å². The number of ether oxygens (including phenoxy) is 1. The maximum Gasteiger partial charge on any atom is 0.280 e. The fourth-order valence-electron chi connectivity index (χ4n) is 3.77. The molecule has 0 saturated carbocycles. The van der Waals surface area contributed by atoms with Crippen LogP contribution in [0.4, 0.5) is 19.0 Å². The second-order valence-corrected chi connectivity index (χ2v) is 7.84. The number of hydrogen-bond acceptors (Lipinski definition) is 5. The van der Waals surface area contributed by atoms with Gasteiger partial charge in [0.1, 0.15) is 22.8 Å². The van der Waals surface area contributed by atoms with Gasteiger partial charge in [-0.25, -0.2) is 22.7 Å². The SMILES string of the molecule is COc1ccccc1-c1cc(C(F)F)n2ncc(C(=O)Nc3ccn(Cc4ccc(F)cc4)n3)c2n1. The number of alkyl halides is 2. The summed E-state index contributed by atoms with van der Waals surface area (Å²) in [6.45, 7) is 0.369. The minimum absolute atomic E-state index is 0.00160. The van der Waals surface area contributed by atoms with Crippen molar-refractivity contribution in [2.75, 3.05) is 12.4 Å². The number of amides is 1. The number of aromatic nitrogens is 5. The molecule has 0 aliphatic carbocycles. The number of nitrogens with zero attached hydrogens (tertiary/aromatic N) is 5. The summed E-state index contributed by atoms with van der Waals surface area (Å²) in [4.78, 5) is 17.5. The van der Waals surface area contributed by atoms with Gasteiger partial charge >= 0.3 is 0 Å². The molecular formula is C25H19F3N6O2. The average molecular weight is 492 g/mol. The van der Waals surface area contributed by atoms with Crippen LogP contribution < -0.4 is 10.1 Å². The van der Waals surface area contributed by atoms with Gasteiger partial charge in [0, 0.05) is 17.8 Å². The van der Waals surface area contributed by atoms with Crippen LogP contribution in [0.1, 0.15) is 28.0 Å². The molecule has 0 bridgehead atoms. The predicted octanol–water partition coefficient (Wildman–Crippen LogP) is 4.98. The van der Waals surface area contributed by atoms with Crippen LogP contribution in [-0.4, -0.2) is 37.4 Å². The zero-order chi connectivity index (χ0) is 25.2. The largest absolute Gasteiger partial charge is 0.496 e. The molecule has 0 unspecified atom stereocenters. The third-order valence-corrected chi connectivity index (χ3v) is 5.49. The van der Waals surface area contributed by atoms with E-state index in [9.17, 15) is 18.0 Å². The first kappa shape index (κ1) is 23.1. The zero-order valence-electron chi connectivity index (χ0n) is 18.9. The molecule has 36 heavy (non-hydrogen) atoms. The van der Waals surface area contributed by atoms with Gasteiger partial charge in [-0.1, -0.05) is 24.3 Å². The topological polar surface area (TPSA) is 86.3 Å². The van der Waals surface area contributed by atoms with Crippen LogP contribution in [0.5, 0.6) is 5.75 Å². The maximum absolute atomic E-state index is 13.9. The number of halogens is 3. The van der Waals surface area contributed by atoms with E-state index in [0.717, 1.165) is 10.1 Å². The van der Waals surface area contributed by atoms with E-state index in [4.69, 9.17) is 4.74 Å². The lowest BCUT2D eigenvalue weighted by atomic mass is 10.1. The first-order valence-electron chi connectivity index (χ1n) is 10.8. The van der Waals surface area contributed by atoms with Crippen molar-refractivity contribution in [3.05, 3.63) is 95.7 Å². The highest BCUT2D eigenvalue weighted by Gasteiger charge is 2.23. The van der Waals surface area contributed by atoms with E-state index in [1.807, 2.05) is 0 Å². The number of methoxy groups -OCH3 is 1. The van der Waals surface area contributed by atoms with Crippen LogP contribution >= 0.6 is 0 Å². The molecule has 0 aliphatic rings. The molecule has 5 rings (SSSR count). The van der Waals surface area contributed by atoms with Crippen molar-refractivity contribution >= 4 is 17.4 Å². The van der Waals surface area contributed by atoms with Gasteiger partial charge in [0.05, 0.1) is 25.5 Å². The van der Waals surface area contributed by atoms with Gasteiger partial charge in [0.15, 0.2) is 11.5 Å². The van der Waals surface area contributed by atoms with Crippen molar-refractivity contribution in [2.45, 2.75) is 13.0 Å². The minimum Gasteiger partial charge on any atom is -0.496 e. The van der Waals surface area contributed by atoms with E-state index in [1.165, 1.54) is 31.5 Å². The molecule has 0 radical (unpaired) electrons. The summed E-state index contributed by atoms with van der Waals surface area (Å²) in [5.41, 5.74) is 1.10. The quantitative estimate of drug-likeness (QED) is 0.346. The van der Waals surface area contributed by atoms with Crippen molar-refractivity contribution < 1.29 is 22.7 Å². The maximum atomic E-state index is 13.9. The highest BCUT2D eigenvalue weighted by Crippen LogP contribution is 2.32. The highest BCUT2D eigenvalue weighted by atomic mass is 19.3. The fourth-order valence-corrected chi connectivity index (χ4v) is 3.77. The molecule has 0 aliphatic heterocycles. The zero-order valence-corrected chi connectivity index (χ0v) is 18.9. The monoisotopic (exact) mass is 492 g/mol. The molecule has 1 amide bonds. The summed E-state index contributed by atoms with van der Waals surface area (Å²) in [6.07, 6.45) is -0.0190. The third kappa shape index (κ3) is 4.50. The van der Waals surface area contributed by atoms with E-state index in [-0.39, 0.29) is 28.5 Å². The first-order valence-corrected chi connectivity index (χ1v) is 10.8. The Morgan fingerprint density at radius 1 is 1.11 bits per heavy atom. The van der Waals surface area contributed by atoms with Gasteiger partial charge in [-0.2, -0.15) is 10.2 Å². The Kier molecular flexibility index (Phi) is 6.11. The Morgan fingerprint density at radius 3 is 2.64 bits per heavy atom. The molecule has 0 fully saturated rings. The van der Waals surface area contributed by atoms with Gasteiger partial charge in [-0.3, -0.25) is 9.48 Å².